The minimum atomic E-state index is -5.40. The third-order valence-electron chi connectivity index (χ3n) is 5.32. The molecule has 1 aliphatic rings. The zero-order chi connectivity index (χ0) is 24.6. The second-order valence-electron chi connectivity index (χ2n) is 7.63. The van der Waals surface area contributed by atoms with Gasteiger partial charge in [-0.1, -0.05) is 0 Å². The molecule has 13 heteroatoms. The molecule has 0 fully saturated rings. The van der Waals surface area contributed by atoms with Crippen LogP contribution in [0.1, 0.15) is 18.2 Å². The van der Waals surface area contributed by atoms with E-state index >= 15 is 0 Å². The molecule has 0 saturated carbocycles. The molecule has 3 N–H and O–H groups in total. The number of carbonyl (C=O) groups is 1. The number of rotatable bonds is 7. The summed E-state index contributed by atoms with van der Waals surface area (Å²) in [6, 6.07) is 5.08. The summed E-state index contributed by atoms with van der Waals surface area (Å²) < 4.78 is 98.0. The lowest BCUT2D eigenvalue weighted by atomic mass is 9.81. The van der Waals surface area contributed by atoms with Gasteiger partial charge >= 0.3 is 6.18 Å². The van der Waals surface area contributed by atoms with Crippen molar-refractivity contribution < 1.29 is 45.5 Å². The summed E-state index contributed by atoms with van der Waals surface area (Å²) in [7, 11) is 0. The molecule has 0 saturated heterocycles. The highest BCUT2D eigenvalue weighted by atomic mass is 19.4. The highest BCUT2D eigenvalue weighted by molar-refractivity contribution is 5.91. The monoisotopic (exact) mass is 481 g/mol. The van der Waals surface area contributed by atoms with Crippen molar-refractivity contribution in [2.24, 2.45) is 0 Å². The van der Waals surface area contributed by atoms with Gasteiger partial charge in [-0.3, -0.25) is 4.79 Å². The van der Waals surface area contributed by atoms with Gasteiger partial charge in [0.05, 0.1) is 18.8 Å². The van der Waals surface area contributed by atoms with Crippen molar-refractivity contribution in [1.29, 1.82) is 0 Å². The second-order valence-corrected chi connectivity index (χ2v) is 7.63. The fraction of sp³-hybridized carbons (Fsp3) is 0.400. The molecule has 0 aliphatic carbocycles. The van der Waals surface area contributed by atoms with Crippen LogP contribution < -0.4 is 15.6 Å². The third kappa shape index (κ3) is 4.47. The van der Waals surface area contributed by atoms with E-state index in [0.717, 1.165) is 23.7 Å². The van der Waals surface area contributed by atoms with Crippen LogP contribution in [0.25, 0.3) is 11.3 Å². The van der Waals surface area contributed by atoms with Crippen LogP contribution in [0.15, 0.2) is 30.3 Å². The smallest absolute Gasteiger partial charge is 0.424 e. The molecule has 2 heterocycles. The molecule has 1 aromatic carbocycles. The fourth-order valence-corrected chi connectivity index (χ4v) is 3.38. The average molecular weight is 481 g/mol. The summed E-state index contributed by atoms with van der Waals surface area (Å²) in [6.45, 7) is -1.83. The van der Waals surface area contributed by atoms with Gasteiger partial charge in [-0.05, 0) is 37.3 Å². The number of ether oxygens (including phenoxy) is 1. The molecule has 1 aliphatic heterocycles. The molecular weight excluding hydrogens is 463 g/mol. The first-order chi connectivity index (χ1) is 15.3. The average Bonchev–Trinajstić information content (AvgIpc) is 3.09. The lowest BCUT2D eigenvalue weighted by Crippen LogP contribution is -2.49. The number of alkyl halides is 5. The van der Waals surface area contributed by atoms with Crippen LogP contribution in [-0.2, 0) is 15.8 Å². The van der Waals surface area contributed by atoms with Gasteiger partial charge in [0, 0.05) is 11.1 Å². The number of hydrogen-bond acceptors (Lipinski definition) is 5. The van der Waals surface area contributed by atoms with Crippen LogP contribution in [0.4, 0.5) is 30.8 Å². The maximum atomic E-state index is 13.7. The zero-order valence-electron chi connectivity index (χ0n) is 16.9. The van der Waals surface area contributed by atoms with E-state index in [4.69, 9.17) is 4.74 Å². The molecule has 33 heavy (non-hydrogen) atoms. The van der Waals surface area contributed by atoms with Crippen LogP contribution in [0.2, 0.25) is 0 Å². The van der Waals surface area contributed by atoms with Gasteiger partial charge in [0.1, 0.15) is 29.3 Å². The number of benzene rings is 1. The minimum absolute atomic E-state index is 0.0736. The predicted octanol–water partition coefficient (Wildman–Crippen LogP) is 3.14. The van der Waals surface area contributed by atoms with Crippen molar-refractivity contribution in [2.75, 3.05) is 19.7 Å². The molecule has 180 valence electrons. The highest BCUT2D eigenvalue weighted by Gasteiger charge is 2.57. The molecule has 0 unspecified atom stereocenters. The molecule has 2 atom stereocenters. The van der Waals surface area contributed by atoms with Gasteiger partial charge in [0.25, 0.3) is 6.43 Å². The lowest BCUT2D eigenvalue weighted by molar-refractivity contribution is -0.268. The number of halogens is 7. The van der Waals surface area contributed by atoms with Crippen LogP contribution in [0.5, 0.6) is 5.75 Å². The number of nitrogens with zero attached hydrogens (tertiary/aromatic N) is 1. The quantitative estimate of drug-likeness (QED) is 0.418. The van der Waals surface area contributed by atoms with E-state index in [2.05, 4.69) is 4.98 Å². The van der Waals surface area contributed by atoms with E-state index in [1.165, 1.54) is 19.1 Å². The SMILES string of the molecule is C[C@]1(C(=O)NCC(F)F)COc2c1cc([C@@](O)(CNF)C(F)(F)F)nc2-c1ccc(F)cc1. The van der Waals surface area contributed by atoms with E-state index in [1.54, 1.807) is 0 Å². The van der Waals surface area contributed by atoms with E-state index in [-0.39, 0.29) is 22.6 Å². The Morgan fingerprint density at radius 1 is 1.27 bits per heavy atom. The largest absolute Gasteiger partial charge is 0.489 e. The minimum Gasteiger partial charge on any atom is -0.489 e. The zero-order valence-corrected chi connectivity index (χ0v) is 16.9. The molecule has 0 bridgehead atoms. The van der Waals surface area contributed by atoms with Crippen molar-refractivity contribution >= 4 is 5.91 Å². The number of nitrogens with one attached hydrogen (secondary N) is 2. The number of aliphatic hydroxyl groups is 1. The number of pyridine rings is 1. The molecule has 3 rings (SSSR count). The first-order valence-corrected chi connectivity index (χ1v) is 9.47. The summed E-state index contributed by atoms with van der Waals surface area (Å²) in [5.41, 5.74) is -6.27. The molecule has 6 nitrogen and oxygen atoms in total. The van der Waals surface area contributed by atoms with Crippen molar-refractivity contribution in [3.8, 4) is 17.0 Å². The number of amides is 1. The Kier molecular flexibility index (Phi) is 6.58. The van der Waals surface area contributed by atoms with Crippen LogP contribution in [0.3, 0.4) is 0 Å². The Hall–Kier alpha value is -2.93. The standard InChI is InChI=1S/C20H18F7N3O3/c1-18(17(31)28-7-14(22)23)9-33-16-12(18)6-13(19(32,8-29-27)20(24,25)26)30-15(16)10-2-4-11(21)5-3-10/h2-6,14,29,32H,7-9H2,1H3,(H,28,31)/t18-,19-/m0/s1. The van der Waals surface area contributed by atoms with Crippen molar-refractivity contribution in [3.05, 3.63) is 47.4 Å². The maximum Gasteiger partial charge on any atom is 0.424 e. The Morgan fingerprint density at radius 3 is 2.45 bits per heavy atom. The third-order valence-corrected chi connectivity index (χ3v) is 5.32. The lowest BCUT2D eigenvalue weighted by Gasteiger charge is -2.30. The van der Waals surface area contributed by atoms with E-state index in [9.17, 15) is 40.7 Å². The van der Waals surface area contributed by atoms with Gasteiger partial charge in [-0.25, -0.2) is 18.2 Å². The number of aromatic nitrogens is 1. The van der Waals surface area contributed by atoms with E-state index < -0.39 is 60.7 Å². The van der Waals surface area contributed by atoms with Crippen LogP contribution in [-0.4, -0.2) is 48.3 Å². The molecule has 1 aromatic heterocycles. The molecule has 0 spiro atoms. The number of fused-ring (bicyclic) bond motifs is 1. The first kappa shape index (κ1) is 24.7. The molecule has 0 radical (unpaired) electrons. The summed E-state index contributed by atoms with van der Waals surface area (Å²) in [4.78, 5) is 16.5. The van der Waals surface area contributed by atoms with Crippen LogP contribution >= 0.6 is 0 Å². The summed E-state index contributed by atoms with van der Waals surface area (Å²) in [6.07, 6.45) is -8.28. The van der Waals surface area contributed by atoms with E-state index in [1.807, 2.05) is 5.32 Å². The summed E-state index contributed by atoms with van der Waals surface area (Å²) in [5.74, 6) is -1.78. The van der Waals surface area contributed by atoms with Gasteiger partial charge in [0.15, 0.2) is 0 Å². The van der Waals surface area contributed by atoms with Crippen LogP contribution in [0, 0.1) is 5.82 Å². The number of hydrogen-bond donors (Lipinski definition) is 3. The molecular formula is C20H18F7N3O3. The Labute approximate surface area is 182 Å². The first-order valence-electron chi connectivity index (χ1n) is 9.47. The number of carbonyl (C=O) groups excluding carboxylic acids is 1. The summed E-state index contributed by atoms with van der Waals surface area (Å²) >= 11 is 0. The Morgan fingerprint density at radius 2 is 1.91 bits per heavy atom. The van der Waals surface area contributed by atoms with Gasteiger partial charge < -0.3 is 15.2 Å². The van der Waals surface area contributed by atoms with Gasteiger partial charge in [0.2, 0.25) is 11.5 Å². The topological polar surface area (TPSA) is 83.5 Å². The van der Waals surface area contributed by atoms with Crippen molar-refractivity contribution in [1.82, 2.24) is 15.8 Å². The normalized spacial score (nSPS) is 19.7. The van der Waals surface area contributed by atoms with Gasteiger partial charge in [-0.2, -0.15) is 18.7 Å². The summed E-state index contributed by atoms with van der Waals surface area (Å²) in [5, 5.41) is 12.4. The van der Waals surface area contributed by atoms with E-state index in [0.29, 0.717) is 0 Å². The Balaban J connectivity index is 2.25. The van der Waals surface area contributed by atoms with Crippen molar-refractivity contribution in [2.45, 2.75) is 30.5 Å². The fourth-order valence-electron chi connectivity index (χ4n) is 3.38. The highest BCUT2D eigenvalue weighted by Crippen LogP contribution is 2.47. The second kappa shape index (κ2) is 8.78. The predicted molar refractivity (Wildman–Crippen MR) is 101 cm³/mol. The van der Waals surface area contributed by atoms with Gasteiger partial charge in [-0.15, -0.1) is 4.48 Å². The Bertz CT molecular complexity index is 1030. The van der Waals surface area contributed by atoms with Crippen molar-refractivity contribution in [3.63, 3.8) is 0 Å². The molecule has 1 amide bonds. The maximum absolute atomic E-state index is 13.7. The molecule has 2 aromatic rings.